The molecule has 0 radical (unpaired) electrons. The van der Waals surface area contributed by atoms with Crippen molar-refractivity contribution in [2.75, 3.05) is 6.54 Å². The molecule has 0 aromatic carbocycles. The zero-order valence-electron chi connectivity index (χ0n) is 8.86. The molecule has 0 rings (SSSR count). The minimum Gasteiger partial charge on any atom is -0.393 e. The predicted molar refractivity (Wildman–Crippen MR) is 55.5 cm³/mol. The SMILES string of the molecule is CC(O)CC(C)NC(CN)CC(N)=O. The van der Waals surface area contributed by atoms with E-state index in [1.165, 1.54) is 0 Å². The quantitative estimate of drug-likeness (QED) is 0.423. The summed E-state index contributed by atoms with van der Waals surface area (Å²) in [5.41, 5.74) is 10.5. The molecule has 5 nitrogen and oxygen atoms in total. The first kappa shape index (κ1) is 13.4. The predicted octanol–water partition coefficient (Wildman–Crippen LogP) is -1.06. The lowest BCUT2D eigenvalue weighted by atomic mass is 10.1. The number of primary amides is 1. The van der Waals surface area contributed by atoms with E-state index in [2.05, 4.69) is 5.32 Å². The van der Waals surface area contributed by atoms with Crippen molar-refractivity contribution in [3.63, 3.8) is 0 Å². The van der Waals surface area contributed by atoms with Crippen molar-refractivity contribution in [1.29, 1.82) is 0 Å². The van der Waals surface area contributed by atoms with Gasteiger partial charge in [-0.05, 0) is 20.3 Å². The standard InChI is InChI=1S/C9H21N3O2/c1-6(3-7(2)13)12-8(5-10)4-9(11)14/h6-8,12-13H,3-5,10H2,1-2H3,(H2,11,14). The fourth-order valence-electron chi connectivity index (χ4n) is 1.44. The monoisotopic (exact) mass is 203 g/mol. The number of nitrogens with one attached hydrogen (secondary N) is 1. The largest absolute Gasteiger partial charge is 0.393 e. The summed E-state index contributed by atoms with van der Waals surface area (Å²) in [7, 11) is 0. The summed E-state index contributed by atoms with van der Waals surface area (Å²) >= 11 is 0. The van der Waals surface area contributed by atoms with Crippen LogP contribution in [0.2, 0.25) is 0 Å². The van der Waals surface area contributed by atoms with Crippen LogP contribution in [0.25, 0.3) is 0 Å². The van der Waals surface area contributed by atoms with E-state index in [0.29, 0.717) is 13.0 Å². The second-order valence-corrected chi connectivity index (χ2v) is 3.76. The molecule has 84 valence electrons. The van der Waals surface area contributed by atoms with Crippen molar-refractivity contribution in [2.24, 2.45) is 11.5 Å². The fraction of sp³-hybridized carbons (Fsp3) is 0.889. The lowest BCUT2D eigenvalue weighted by molar-refractivity contribution is -0.118. The van der Waals surface area contributed by atoms with Gasteiger partial charge in [-0.25, -0.2) is 0 Å². The summed E-state index contributed by atoms with van der Waals surface area (Å²) in [5.74, 6) is -0.364. The Hall–Kier alpha value is -0.650. The lowest BCUT2D eigenvalue weighted by Crippen LogP contribution is -2.44. The van der Waals surface area contributed by atoms with Crippen LogP contribution in [0.3, 0.4) is 0 Å². The molecule has 0 aromatic rings. The van der Waals surface area contributed by atoms with Gasteiger partial charge in [0.15, 0.2) is 0 Å². The Kier molecular flexibility index (Phi) is 6.44. The topological polar surface area (TPSA) is 101 Å². The molecule has 0 saturated heterocycles. The Morgan fingerprint density at radius 2 is 2.07 bits per heavy atom. The maximum absolute atomic E-state index is 10.6. The molecule has 0 heterocycles. The summed E-state index contributed by atoms with van der Waals surface area (Å²) < 4.78 is 0. The van der Waals surface area contributed by atoms with Crippen LogP contribution >= 0.6 is 0 Å². The van der Waals surface area contributed by atoms with Gasteiger partial charge in [0, 0.05) is 25.0 Å². The second kappa shape index (κ2) is 6.75. The van der Waals surface area contributed by atoms with E-state index in [9.17, 15) is 4.79 Å². The normalized spacial score (nSPS) is 17.4. The number of hydrogen-bond acceptors (Lipinski definition) is 4. The number of carbonyl (C=O) groups excluding carboxylic acids is 1. The Balaban J connectivity index is 3.85. The maximum Gasteiger partial charge on any atom is 0.219 e. The van der Waals surface area contributed by atoms with Crippen LogP contribution in [-0.2, 0) is 4.79 Å². The molecule has 6 N–H and O–H groups in total. The second-order valence-electron chi connectivity index (χ2n) is 3.76. The highest BCUT2D eigenvalue weighted by atomic mass is 16.3. The highest BCUT2D eigenvalue weighted by Crippen LogP contribution is 1.99. The Bertz CT molecular complexity index is 173. The molecular formula is C9H21N3O2. The number of aliphatic hydroxyl groups excluding tert-OH is 1. The summed E-state index contributed by atoms with van der Waals surface area (Å²) in [6.45, 7) is 4.03. The van der Waals surface area contributed by atoms with Gasteiger partial charge in [0.2, 0.25) is 5.91 Å². The summed E-state index contributed by atoms with van der Waals surface area (Å²) in [5, 5.41) is 12.3. The summed E-state index contributed by atoms with van der Waals surface area (Å²) in [6, 6.07) is 0.0316. The summed E-state index contributed by atoms with van der Waals surface area (Å²) in [4.78, 5) is 10.6. The van der Waals surface area contributed by atoms with Gasteiger partial charge in [-0.15, -0.1) is 0 Å². The minimum atomic E-state index is -0.364. The average molecular weight is 203 g/mol. The van der Waals surface area contributed by atoms with Crippen molar-refractivity contribution in [2.45, 2.75) is 44.9 Å². The van der Waals surface area contributed by atoms with E-state index >= 15 is 0 Å². The van der Waals surface area contributed by atoms with Gasteiger partial charge in [0.25, 0.3) is 0 Å². The van der Waals surface area contributed by atoms with E-state index < -0.39 is 0 Å². The first-order valence-corrected chi connectivity index (χ1v) is 4.88. The van der Waals surface area contributed by atoms with E-state index in [4.69, 9.17) is 16.6 Å². The highest BCUT2D eigenvalue weighted by Gasteiger charge is 2.13. The number of nitrogens with two attached hydrogens (primary N) is 2. The minimum absolute atomic E-state index is 0.0961. The van der Waals surface area contributed by atoms with E-state index in [1.54, 1.807) is 6.92 Å². The van der Waals surface area contributed by atoms with Crippen LogP contribution in [0, 0.1) is 0 Å². The number of hydrogen-bond donors (Lipinski definition) is 4. The third-order valence-corrected chi connectivity index (χ3v) is 1.95. The van der Waals surface area contributed by atoms with Crippen molar-refractivity contribution in [3.05, 3.63) is 0 Å². The van der Waals surface area contributed by atoms with Crippen LogP contribution < -0.4 is 16.8 Å². The average Bonchev–Trinajstić information content (AvgIpc) is 2.00. The van der Waals surface area contributed by atoms with Gasteiger partial charge >= 0.3 is 0 Å². The van der Waals surface area contributed by atoms with Crippen molar-refractivity contribution >= 4 is 5.91 Å². The first-order chi connectivity index (χ1) is 6.45. The number of rotatable bonds is 7. The molecule has 0 aromatic heterocycles. The van der Waals surface area contributed by atoms with Crippen LogP contribution in [0.15, 0.2) is 0 Å². The van der Waals surface area contributed by atoms with Gasteiger partial charge in [0.1, 0.15) is 0 Å². The van der Waals surface area contributed by atoms with Crippen LogP contribution in [-0.4, -0.2) is 35.7 Å². The molecule has 5 heteroatoms. The van der Waals surface area contributed by atoms with Crippen molar-refractivity contribution in [3.8, 4) is 0 Å². The van der Waals surface area contributed by atoms with Crippen molar-refractivity contribution < 1.29 is 9.90 Å². The smallest absolute Gasteiger partial charge is 0.219 e. The molecular weight excluding hydrogens is 182 g/mol. The van der Waals surface area contributed by atoms with Crippen LogP contribution in [0.5, 0.6) is 0 Å². The van der Waals surface area contributed by atoms with Crippen LogP contribution in [0.1, 0.15) is 26.7 Å². The van der Waals surface area contributed by atoms with Gasteiger partial charge in [-0.3, -0.25) is 4.79 Å². The first-order valence-electron chi connectivity index (χ1n) is 4.88. The molecule has 0 aliphatic rings. The molecule has 0 fully saturated rings. The molecule has 0 aliphatic heterocycles. The third-order valence-electron chi connectivity index (χ3n) is 1.95. The number of aliphatic hydroxyl groups is 1. The van der Waals surface area contributed by atoms with Crippen molar-refractivity contribution in [1.82, 2.24) is 5.32 Å². The third kappa shape index (κ3) is 6.82. The molecule has 0 spiro atoms. The fourth-order valence-corrected chi connectivity index (χ4v) is 1.44. The van der Waals surface area contributed by atoms with Gasteiger partial charge in [0.05, 0.1) is 6.10 Å². The van der Waals surface area contributed by atoms with Gasteiger partial charge in [-0.1, -0.05) is 0 Å². The zero-order valence-corrected chi connectivity index (χ0v) is 8.86. The van der Waals surface area contributed by atoms with Gasteiger partial charge < -0.3 is 21.9 Å². The molecule has 14 heavy (non-hydrogen) atoms. The van der Waals surface area contributed by atoms with E-state index in [-0.39, 0.29) is 30.5 Å². The van der Waals surface area contributed by atoms with E-state index in [1.807, 2.05) is 6.92 Å². The molecule has 0 saturated carbocycles. The molecule has 3 atom stereocenters. The zero-order chi connectivity index (χ0) is 11.1. The van der Waals surface area contributed by atoms with E-state index in [0.717, 1.165) is 0 Å². The molecule has 0 bridgehead atoms. The Morgan fingerprint density at radius 3 is 2.43 bits per heavy atom. The maximum atomic E-state index is 10.6. The molecule has 0 aliphatic carbocycles. The molecule has 3 unspecified atom stereocenters. The summed E-state index contributed by atoms with van der Waals surface area (Å²) in [6.07, 6.45) is 0.514. The molecule has 1 amide bonds. The number of amides is 1. The Morgan fingerprint density at radius 1 is 1.50 bits per heavy atom. The Labute approximate surface area is 84.8 Å². The van der Waals surface area contributed by atoms with Gasteiger partial charge in [-0.2, -0.15) is 0 Å². The lowest BCUT2D eigenvalue weighted by Gasteiger charge is -2.21. The van der Waals surface area contributed by atoms with Crippen LogP contribution in [0.4, 0.5) is 0 Å². The highest BCUT2D eigenvalue weighted by molar-refractivity contribution is 5.74. The number of carbonyl (C=O) groups is 1.